The summed E-state index contributed by atoms with van der Waals surface area (Å²) in [7, 11) is -3.99. The highest BCUT2D eigenvalue weighted by molar-refractivity contribution is 7.92. The summed E-state index contributed by atoms with van der Waals surface area (Å²) >= 11 is 11.4. The lowest BCUT2D eigenvalue weighted by molar-refractivity contribution is 0.595. The van der Waals surface area contributed by atoms with Crippen molar-refractivity contribution < 1.29 is 12.8 Å². The molecule has 0 spiro atoms. The van der Waals surface area contributed by atoms with Gasteiger partial charge in [-0.15, -0.1) is 0 Å². The summed E-state index contributed by atoms with van der Waals surface area (Å²) in [5, 5.41) is 0.0552. The maximum Gasteiger partial charge on any atom is 0.263 e. The standard InChI is InChI=1S/C11H7Cl2FN2O2S/c12-9-2-1-7(14)5-10(9)19(17,18)16-8-3-4-15-11(13)6-8/h1-6H,(H,15,16). The van der Waals surface area contributed by atoms with Crippen LogP contribution in [0.25, 0.3) is 0 Å². The second kappa shape index (κ2) is 5.32. The zero-order valence-corrected chi connectivity index (χ0v) is 11.6. The molecule has 0 atom stereocenters. The number of sulfonamides is 1. The molecule has 0 saturated carbocycles. The van der Waals surface area contributed by atoms with Gasteiger partial charge in [-0.2, -0.15) is 0 Å². The molecule has 0 aliphatic carbocycles. The number of rotatable bonds is 3. The van der Waals surface area contributed by atoms with Crippen molar-refractivity contribution in [2.75, 3.05) is 4.72 Å². The van der Waals surface area contributed by atoms with Gasteiger partial charge in [-0.05, 0) is 30.3 Å². The second-order valence-corrected chi connectivity index (χ2v) is 5.99. The number of aromatic nitrogens is 1. The van der Waals surface area contributed by atoms with E-state index in [-0.39, 0.29) is 20.8 Å². The summed E-state index contributed by atoms with van der Waals surface area (Å²) in [6.45, 7) is 0. The molecule has 100 valence electrons. The van der Waals surface area contributed by atoms with Crippen LogP contribution in [0.4, 0.5) is 10.1 Å². The van der Waals surface area contributed by atoms with Crippen LogP contribution in [0.3, 0.4) is 0 Å². The minimum atomic E-state index is -3.99. The van der Waals surface area contributed by atoms with Gasteiger partial charge in [0.1, 0.15) is 15.9 Å². The quantitative estimate of drug-likeness (QED) is 0.882. The van der Waals surface area contributed by atoms with Crippen molar-refractivity contribution in [3.8, 4) is 0 Å². The minimum Gasteiger partial charge on any atom is -0.279 e. The van der Waals surface area contributed by atoms with Crippen molar-refractivity contribution in [3.63, 3.8) is 0 Å². The van der Waals surface area contributed by atoms with Gasteiger partial charge in [0.25, 0.3) is 10.0 Å². The van der Waals surface area contributed by atoms with Gasteiger partial charge in [-0.3, -0.25) is 4.72 Å². The normalized spacial score (nSPS) is 11.3. The van der Waals surface area contributed by atoms with Crippen LogP contribution in [0.5, 0.6) is 0 Å². The highest BCUT2D eigenvalue weighted by atomic mass is 35.5. The maximum atomic E-state index is 13.1. The molecule has 4 nitrogen and oxygen atoms in total. The molecule has 2 aromatic rings. The molecule has 0 radical (unpaired) electrons. The Labute approximate surface area is 119 Å². The average molecular weight is 321 g/mol. The van der Waals surface area contributed by atoms with E-state index >= 15 is 0 Å². The largest absolute Gasteiger partial charge is 0.279 e. The summed E-state index contributed by atoms with van der Waals surface area (Å²) in [4.78, 5) is 3.37. The van der Waals surface area contributed by atoms with Crippen molar-refractivity contribution in [3.05, 3.63) is 52.5 Å². The Kier molecular flexibility index (Phi) is 3.93. The van der Waals surface area contributed by atoms with Gasteiger partial charge in [0.15, 0.2) is 0 Å². The van der Waals surface area contributed by atoms with E-state index in [1.165, 1.54) is 24.4 Å². The zero-order chi connectivity index (χ0) is 14.0. The van der Waals surface area contributed by atoms with E-state index in [9.17, 15) is 12.8 Å². The van der Waals surface area contributed by atoms with Gasteiger partial charge in [0, 0.05) is 6.20 Å². The fourth-order valence-electron chi connectivity index (χ4n) is 1.36. The number of nitrogens with zero attached hydrogens (tertiary/aromatic N) is 1. The topological polar surface area (TPSA) is 59.1 Å². The number of pyridine rings is 1. The maximum absolute atomic E-state index is 13.1. The first-order chi connectivity index (χ1) is 8.88. The SMILES string of the molecule is O=S(=O)(Nc1ccnc(Cl)c1)c1cc(F)ccc1Cl. The first-order valence-electron chi connectivity index (χ1n) is 4.98. The lowest BCUT2D eigenvalue weighted by Crippen LogP contribution is -2.13. The molecule has 1 N–H and O–H groups in total. The Morgan fingerprint density at radius 1 is 1.16 bits per heavy atom. The monoisotopic (exact) mass is 320 g/mol. The number of halogens is 3. The van der Waals surface area contributed by atoms with Crippen LogP contribution in [0, 0.1) is 5.82 Å². The molecular weight excluding hydrogens is 314 g/mol. The first kappa shape index (κ1) is 14.0. The molecule has 2 rings (SSSR count). The third-order valence-electron chi connectivity index (χ3n) is 2.16. The molecule has 0 bridgehead atoms. The zero-order valence-electron chi connectivity index (χ0n) is 9.27. The molecule has 0 aliphatic heterocycles. The van der Waals surface area contributed by atoms with Gasteiger partial charge >= 0.3 is 0 Å². The molecule has 0 unspecified atom stereocenters. The number of hydrogen-bond acceptors (Lipinski definition) is 3. The van der Waals surface area contributed by atoms with Gasteiger partial charge in [0.2, 0.25) is 0 Å². The van der Waals surface area contributed by atoms with Crippen molar-refractivity contribution in [2.45, 2.75) is 4.90 Å². The molecule has 0 amide bonds. The number of nitrogens with one attached hydrogen (secondary N) is 1. The summed E-state index contributed by atoms with van der Waals surface area (Å²) in [5.74, 6) is -0.697. The number of benzene rings is 1. The number of anilines is 1. The van der Waals surface area contributed by atoms with Crippen LogP contribution in [0.15, 0.2) is 41.4 Å². The molecule has 8 heteroatoms. The summed E-state index contributed by atoms with van der Waals surface area (Å²) < 4.78 is 39.5. The fourth-order valence-corrected chi connectivity index (χ4v) is 3.10. The van der Waals surface area contributed by atoms with Crippen LogP contribution in [0.2, 0.25) is 10.2 Å². The van der Waals surface area contributed by atoms with Crippen molar-refractivity contribution in [1.29, 1.82) is 0 Å². The van der Waals surface area contributed by atoms with E-state index in [1.807, 2.05) is 0 Å². The van der Waals surface area contributed by atoms with Crippen LogP contribution in [-0.2, 0) is 10.0 Å². The van der Waals surface area contributed by atoms with E-state index in [2.05, 4.69) is 9.71 Å². The molecule has 1 aromatic carbocycles. The molecule has 1 aromatic heterocycles. The Morgan fingerprint density at radius 2 is 1.89 bits per heavy atom. The van der Waals surface area contributed by atoms with Crippen molar-refractivity contribution >= 4 is 38.9 Å². The van der Waals surface area contributed by atoms with E-state index < -0.39 is 15.8 Å². The predicted molar refractivity (Wildman–Crippen MR) is 71.5 cm³/mol. The van der Waals surface area contributed by atoms with Gasteiger partial charge in [0.05, 0.1) is 10.7 Å². The van der Waals surface area contributed by atoms with Crippen LogP contribution < -0.4 is 4.72 Å². The third-order valence-corrected chi connectivity index (χ3v) is 4.23. The van der Waals surface area contributed by atoms with Gasteiger partial charge in [-0.1, -0.05) is 23.2 Å². The molecule has 0 aliphatic rings. The third kappa shape index (κ3) is 3.34. The Balaban J connectivity index is 2.40. The van der Waals surface area contributed by atoms with E-state index in [4.69, 9.17) is 23.2 Å². The van der Waals surface area contributed by atoms with Crippen molar-refractivity contribution in [1.82, 2.24) is 4.98 Å². The Morgan fingerprint density at radius 3 is 2.58 bits per heavy atom. The molecular formula is C11H7Cl2FN2O2S. The molecule has 19 heavy (non-hydrogen) atoms. The first-order valence-corrected chi connectivity index (χ1v) is 7.22. The van der Waals surface area contributed by atoms with Crippen LogP contribution >= 0.6 is 23.2 Å². The van der Waals surface area contributed by atoms with Gasteiger partial charge < -0.3 is 0 Å². The molecule has 0 fully saturated rings. The van der Waals surface area contributed by atoms with Crippen molar-refractivity contribution in [2.24, 2.45) is 0 Å². The highest BCUT2D eigenvalue weighted by Crippen LogP contribution is 2.25. The van der Waals surface area contributed by atoms with E-state index in [1.54, 1.807) is 0 Å². The lowest BCUT2D eigenvalue weighted by atomic mass is 10.3. The Bertz CT molecular complexity index is 722. The fraction of sp³-hybridized carbons (Fsp3) is 0. The smallest absolute Gasteiger partial charge is 0.263 e. The number of hydrogen-bond donors (Lipinski definition) is 1. The second-order valence-electron chi connectivity index (χ2n) is 3.55. The lowest BCUT2D eigenvalue weighted by Gasteiger charge is -2.09. The van der Waals surface area contributed by atoms with Crippen LogP contribution in [0.1, 0.15) is 0 Å². The summed E-state index contributed by atoms with van der Waals surface area (Å²) in [6, 6.07) is 5.83. The molecule has 1 heterocycles. The Hall–Kier alpha value is -1.37. The van der Waals surface area contributed by atoms with E-state index in [0.717, 1.165) is 12.1 Å². The van der Waals surface area contributed by atoms with E-state index in [0.29, 0.717) is 0 Å². The summed E-state index contributed by atoms with van der Waals surface area (Å²) in [5.41, 5.74) is 0.209. The van der Waals surface area contributed by atoms with Gasteiger partial charge in [-0.25, -0.2) is 17.8 Å². The molecule has 0 saturated heterocycles. The minimum absolute atomic E-state index is 0.0750. The average Bonchev–Trinajstić information content (AvgIpc) is 2.31. The predicted octanol–water partition coefficient (Wildman–Crippen LogP) is 3.33. The van der Waals surface area contributed by atoms with Crippen LogP contribution in [-0.4, -0.2) is 13.4 Å². The highest BCUT2D eigenvalue weighted by Gasteiger charge is 2.19. The summed E-state index contributed by atoms with van der Waals surface area (Å²) in [6.07, 6.45) is 1.34.